The lowest BCUT2D eigenvalue weighted by atomic mass is 9.98. The minimum absolute atomic E-state index is 0.371. The standard InChI is InChI=1S/C25H21N3O3/c29-22(26-21-14-8-3-9-15-21)18-28-23(30)16-17-27(25(28)31)24(19-10-4-1-5-11-19)20-12-6-2-7-13-20/h1-17,24H,18H2,(H,26,29). The number of nitrogens with zero attached hydrogens (tertiary/aromatic N) is 2. The minimum Gasteiger partial charge on any atom is -0.325 e. The molecule has 0 saturated heterocycles. The van der Waals surface area contributed by atoms with Crippen LogP contribution in [0.1, 0.15) is 17.2 Å². The summed E-state index contributed by atoms with van der Waals surface area (Å²) in [5, 5.41) is 2.71. The summed E-state index contributed by atoms with van der Waals surface area (Å²) in [7, 11) is 0. The average molecular weight is 411 g/mol. The number of carbonyl (C=O) groups excluding carboxylic acids is 1. The van der Waals surface area contributed by atoms with Crippen LogP contribution in [0.3, 0.4) is 0 Å². The van der Waals surface area contributed by atoms with Crippen molar-refractivity contribution >= 4 is 11.6 Å². The van der Waals surface area contributed by atoms with Crippen molar-refractivity contribution < 1.29 is 4.79 Å². The van der Waals surface area contributed by atoms with Gasteiger partial charge < -0.3 is 5.32 Å². The molecule has 0 radical (unpaired) electrons. The van der Waals surface area contributed by atoms with Crippen molar-refractivity contribution in [3.05, 3.63) is 135 Å². The number of hydrogen-bond donors (Lipinski definition) is 1. The summed E-state index contributed by atoms with van der Waals surface area (Å²) in [6.45, 7) is -0.371. The molecule has 0 bridgehead atoms. The number of aromatic nitrogens is 2. The summed E-state index contributed by atoms with van der Waals surface area (Å²) in [5.74, 6) is -0.445. The molecule has 3 aromatic carbocycles. The molecule has 4 rings (SSSR count). The van der Waals surface area contributed by atoms with Gasteiger partial charge in [-0.15, -0.1) is 0 Å². The molecule has 1 heterocycles. The van der Waals surface area contributed by atoms with Gasteiger partial charge in [0, 0.05) is 18.0 Å². The van der Waals surface area contributed by atoms with Gasteiger partial charge in [0.05, 0.1) is 6.04 Å². The van der Waals surface area contributed by atoms with Crippen molar-refractivity contribution in [1.29, 1.82) is 0 Å². The Balaban J connectivity index is 1.74. The van der Waals surface area contributed by atoms with Crippen LogP contribution in [0.5, 0.6) is 0 Å². The SMILES string of the molecule is O=C(Cn1c(=O)ccn(C(c2ccccc2)c2ccccc2)c1=O)Nc1ccccc1. The fraction of sp³-hybridized carbons (Fsp3) is 0.0800. The van der Waals surface area contributed by atoms with E-state index in [0.29, 0.717) is 5.69 Å². The molecule has 6 heteroatoms. The number of benzene rings is 3. The molecule has 0 unspecified atom stereocenters. The largest absolute Gasteiger partial charge is 0.332 e. The number of nitrogens with one attached hydrogen (secondary N) is 1. The number of para-hydroxylation sites is 1. The van der Waals surface area contributed by atoms with Gasteiger partial charge in [-0.05, 0) is 23.3 Å². The highest BCUT2D eigenvalue weighted by Crippen LogP contribution is 2.24. The van der Waals surface area contributed by atoms with Gasteiger partial charge in [-0.2, -0.15) is 0 Å². The highest BCUT2D eigenvalue weighted by molar-refractivity contribution is 5.90. The third-order valence-electron chi connectivity index (χ3n) is 4.96. The zero-order chi connectivity index (χ0) is 21.6. The first kappa shape index (κ1) is 20.1. The van der Waals surface area contributed by atoms with Gasteiger partial charge in [-0.1, -0.05) is 78.9 Å². The van der Waals surface area contributed by atoms with Crippen LogP contribution in [-0.2, 0) is 11.3 Å². The Kier molecular flexibility index (Phi) is 5.89. The number of anilines is 1. The van der Waals surface area contributed by atoms with Gasteiger partial charge in [0.1, 0.15) is 6.54 Å². The first-order chi connectivity index (χ1) is 15.1. The lowest BCUT2D eigenvalue weighted by Gasteiger charge is -2.21. The van der Waals surface area contributed by atoms with E-state index in [1.165, 1.54) is 16.8 Å². The third kappa shape index (κ3) is 4.53. The van der Waals surface area contributed by atoms with Gasteiger partial charge in [0.15, 0.2) is 0 Å². The van der Waals surface area contributed by atoms with Crippen molar-refractivity contribution in [3.63, 3.8) is 0 Å². The molecule has 31 heavy (non-hydrogen) atoms. The Labute approximate surface area is 179 Å². The van der Waals surface area contributed by atoms with Crippen LogP contribution < -0.4 is 16.6 Å². The fourth-order valence-electron chi connectivity index (χ4n) is 3.52. The molecule has 0 atom stereocenters. The Morgan fingerprint density at radius 1 is 0.742 bits per heavy atom. The van der Waals surface area contributed by atoms with Crippen molar-refractivity contribution in [3.8, 4) is 0 Å². The van der Waals surface area contributed by atoms with Crippen LogP contribution in [0, 0.1) is 0 Å². The Morgan fingerprint density at radius 3 is 1.81 bits per heavy atom. The van der Waals surface area contributed by atoms with Crippen LogP contribution in [0.4, 0.5) is 5.69 Å². The maximum Gasteiger partial charge on any atom is 0.332 e. The molecule has 4 aromatic rings. The molecular formula is C25H21N3O3. The van der Waals surface area contributed by atoms with Crippen molar-refractivity contribution in [2.24, 2.45) is 0 Å². The molecule has 1 amide bonds. The monoisotopic (exact) mass is 411 g/mol. The zero-order valence-electron chi connectivity index (χ0n) is 16.7. The van der Waals surface area contributed by atoms with Crippen LogP contribution >= 0.6 is 0 Å². The highest BCUT2D eigenvalue weighted by atomic mass is 16.2. The Bertz CT molecular complexity index is 1240. The van der Waals surface area contributed by atoms with Gasteiger partial charge in [-0.3, -0.25) is 18.7 Å². The van der Waals surface area contributed by atoms with E-state index in [0.717, 1.165) is 15.7 Å². The van der Waals surface area contributed by atoms with E-state index in [4.69, 9.17) is 0 Å². The Hall–Kier alpha value is -4.19. The molecule has 0 aliphatic rings. The summed E-state index contributed by atoms with van der Waals surface area (Å²) in [5.41, 5.74) is 1.32. The number of carbonyl (C=O) groups is 1. The smallest absolute Gasteiger partial charge is 0.325 e. The summed E-state index contributed by atoms with van der Waals surface area (Å²) >= 11 is 0. The lowest BCUT2D eigenvalue weighted by Crippen LogP contribution is -2.43. The van der Waals surface area contributed by atoms with E-state index in [9.17, 15) is 14.4 Å². The zero-order valence-corrected chi connectivity index (χ0v) is 16.7. The van der Waals surface area contributed by atoms with E-state index in [1.54, 1.807) is 24.3 Å². The number of rotatable bonds is 6. The molecule has 154 valence electrons. The highest BCUT2D eigenvalue weighted by Gasteiger charge is 2.20. The third-order valence-corrected chi connectivity index (χ3v) is 4.96. The van der Waals surface area contributed by atoms with Crippen LogP contribution in [0.15, 0.2) is 113 Å². The molecule has 0 spiro atoms. The van der Waals surface area contributed by atoms with E-state index in [-0.39, 0.29) is 6.54 Å². The van der Waals surface area contributed by atoms with Crippen LogP contribution in [0.2, 0.25) is 0 Å². The van der Waals surface area contributed by atoms with Crippen molar-refractivity contribution in [1.82, 2.24) is 9.13 Å². The molecule has 1 aromatic heterocycles. The van der Waals surface area contributed by atoms with Crippen LogP contribution in [0.25, 0.3) is 0 Å². The molecule has 0 fully saturated rings. The first-order valence-corrected chi connectivity index (χ1v) is 9.90. The topological polar surface area (TPSA) is 73.1 Å². The lowest BCUT2D eigenvalue weighted by molar-refractivity contribution is -0.116. The van der Waals surface area contributed by atoms with Gasteiger partial charge in [0.25, 0.3) is 5.56 Å². The molecular weight excluding hydrogens is 390 g/mol. The molecule has 1 N–H and O–H groups in total. The number of amides is 1. The predicted octanol–water partition coefficient (Wildman–Crippen LogP) is 3.29. The molecule has 0 saturated carbocycles. The number of hydrogen-bond acceptors (Lipinski definition) is 3. The molecule has 0 aliphatic heterocycles. The molecule has 0 aliphatic carbocycles. The normalized spacial score (nSPS) is 10.7. The predicted molar refractivity (Wildman–Crippen MR) is 120 cm³/mol. The quantitative estimate of drug-likeness (QED) is 0.529. The summed E-state index contributed by atoms with van der Waals surface area (Å²) in [6.07, 6.45) is 1.49. The van der Waals surface area contributed by atoms with E-state index in [1.807, 2.05) is 66.7 Å². The van der Waals surface area contributed by atoms with Gasteiger partial charge >= 0.3 is 5.69 Å². The summed E-state index contributed by atoms with van der Waals surface area (Å²) < 4.78 is 2.44. The Morgan fingerprint density at radius 2 is 1.26 bits per heavy atom. The second-order valence-corrected chi connectivity index (χ2v) is 7.07. The molecule has 6 nitrogen and oxygen atoms in total. The maximum atomic E-state index is 13.3. The van der Waals surface area contributed by atoms with Gasteiger partial charge in [-0.25, -0.2) is 4.79 Å². The average Bonchev–Trinajstić information content (AvgIpc) is 2.80. The first-order valence-electron chi connectivity index (χ1n) is 9.90. The van der Waals surface area contributed by atoms with Crippen LogP contribution in [-0.4, -0.2) is 15.0 Å². The summed E-state index contributed by atoms with van der Waals surface area (Å²) in [6, 6.07) is 28.9. The van der Waals surface area contributed by atoms with Crippen molar-refractivity contribution in [2.45, 2.75) is 12.6 Å². The summed E-state index contributed by atoms with van der Waals surface area (Å²) in [4.78, 5) is 38.2. The van der Waals surface area contributed by atoms with Gasteiger partial charge in [0.2, 0.25) is 5.91 Å². The maximum absolute atomic E-state index is 13.3. The van der Waals surface area contributed by atoms with E-state index < -0.39 is 23.2 Å². The van der Waals surface area contributed by atoms with Crippen molar-refractivity contribution in [2.75, 3.05) is 5.32 Å². The fourth-order valence-corrected chi connectivity index (χ4v) is 3.52. The van der Waals surface area contributed by atoms with E-state index >= 15 is 0 Å². The second kappa shape index (κ2) is 9.09. The van der Waals surface area contributed by atoms with E-state index in [2.05, 4.69) is 5.32 Å². The minimum atomic E-state index is -0.548. The second-order valence-electron chi connectivity index (χ2n) is 7.07.